The molecule has 1 rings (SSSR count). The predicted octanol–water partition coefficient (Wildman–Crippen LogP) is 2.01. The molecule has 0 aliphatic heterocycles. The number of hydrogen-bond donors (Lipinski definition) is 0. The van der Waals surface area contributed by atoms with Crippen molar-refractivity contribution in [3.63, 3.8) is 0 Å². The molecule has 0 fully saturated rings. The number of aryl methyl sites for hydroxylation is 1. The molecule has 5 heteroatoms. The van der Waals surface area contributed by atoms with E-state index >= 15 is 0 Å². The summed E-state index contributed by atoms with van der Waals surface area (Å²) in [5.74, 6) is 0.0306. The highest BCUT2D eigenvalue weighted by atomic mass is 32.1. The fourth-order valence-electron chi connectivity index (χ4n) is 1.84. The van der Waals surface area contributed by atoms with Gasteiger partial charge in [-0.25, -0.2) is 0 Å². The van der Waals surface area contributed by atoms with E-state index in [1.807, 2.05) is 30.7 Å². The van der Waals surface area contributed by atoms with Crippen LogP contribution in [0, 0.1) is 0 Å². The summed E-state index contributed by atoms with van der Waals surface area (Å²) in [6.45, 7) is 5.43. The second-order valence-electron chi connectivity index (χ2n) is 4.45. The first-order chi connectivity index (χ1) is 9.08. The summed E-state index contributed by atoms with van der Waals surface area (Å²) in [5.41, 5.74) is 1.18. The van der Waals surface area contributed by atoms with Gasteiger partial charge in [0, 0.05) is 26.6 Å². The van der Waals surface area contributed by atoms with Crippen molar-refractivity contribution in [1.29, 1.82) is 0 Å². The van der Waals surface area contributed by atoms with Gasteiger partial charge in [0.15, 0.2) is 0 Å². The molecule has 0 N–H and O–H groups in total. The standard InChI is InChI=1S/C14H22N2O2S/c1-4-16(5-2)14(18)10-15(3)13(17)7-6-12-8-9-19-11-12/h8-9,11H,4-7,10H2,1-3H3. The maximum absolute atomic E-state index is 11.9. The molecule has 0 spiro atoms. The highest BCUT2D eigenvalue weighted by molar-refractivity contribution is 7.07. The third-order valence-corrected chi connectivity index (χ3v) is 3.85. The second kappa shape index (κ2) is 7.94. The third kappa shape index (κ3) is 5.03. The molecule has 2 amide bonds. The monoisotopic (exact) mass is 282 g/mol. The molecule has 0 saturated heterocycles. The van der Waals surface area contributed by atoms with Crippen LogP contribution in [0.15, 0.2) is 16.8 Å². The van der Waals surface area contributed by atoms with Gasteiger partial charge in [-0.05, 0) is 42.7 Å². The highest BCUT2D eigenvalue weighted by Gasteiger charge is 2.16. The number of thiophene rings is 1. The lowest BCUT2D eigenvalue weighted by Gasteiger charge is -2.23. The van der Waals surface area contributed by atoms with Crippen LogP contribution in [-0.2, 0) is 16.0 Å². The SMILES string of the molecule is CCN(CC)C(=O)CN(C)C(=O)CCc1ccsc1. The molecule has 19 heavy (non-hydrogen) atoms. The lowest BCUT2D eigenvalue weighted by molar-refractivity contribution is -0.139. The fourth-order valence-corrected chi connectivity index (χ4v) is 2.55. The second-order valence-corrected chi connectivity index (χ2v) is 5.23. The number of hydrogen-bond acceptors (Lipinski definition) is 3. The fraction of sp³-hybridized carbons (Fsp3) is 0.571. The molecule has 0 aliphatic carbocycles. The Morgan fingerprint density at radius 1 is 1.21 bits per heavy atom. The summed E-state index contributed by atoms with van der Waals surface area (Å²) >= 11 is 1.63. The van der Waals surface area contributed by atoms with Crippen molar-refractivity contribution in [2.45, 2.75) is 26.7 Å². The Hall–Kier alpha value is -1.36. The molecular weight excluding hydrogens is 260 g/mol. The van der Waals surface area contributed by atoms with Crippen LogP contribution in [-0.4, -0.2) is 48.3 Å². The lowest BCUT2D eigenvalue weighted by Crippen LogP contribution is -2.41. The van der Waals surface area contributed by atoms with E-state index in [-0.39, 0.29) is 18.4 Å². The van der Waals surface area contributed by atoms with Gasteiger partial charge in [-0.2, -0.15) is 11.3 Å². The number of carbonyl (C=O) groups excluding carboxylic acids is 2. The Kier molecular flexibility index (Phi) is 6.56. The van der Waals surface area contributed by atoms with E-state index in [0.717, 1.165) is 6.42 Å². The van der Waals surface area contributed by atoms with Crippen LogP contribution in [0.5, 0.6) is 0 Å². The lowest BCUT2D eigenvalue weighted by atomic mass is 10.2. The average Bonchev–Trinajstić information content (AvgIpc) is 2.90. The van der Waals surface area contributed by atoms with E-state index in [9.17, 15) is 9.59 Å². The van der Waals surface area contributed by atoms with Crippen LogP contribution in [0.25, 0.3) is 0 Å². The van der Waals surface area contributed by atoms with E-state index in [0.29, 0.717) is 19.5 Å². The van der Waals surface area contributed by atoms with E-state index in [1.54, 1.807) is 23.3 Å². The summed E-state index contributed by atoms with van der Waals surface area (Å²) in [6.07, 6.45) is 1.20. The minimum Gasteiger partial charge on any atom is -0.342 e. The maximum atomic E-state index is 11.9. The van der Waals surface area contributed by atoms with Gasteiger partial charge in [0.2, 0.25) is 11.8 Å². The quantitative estimate of drug-likeness (QED) is 0.767. The zero-order chi connectivity index (χ0) is 14.3. The molecule has 0 saturated carbocycles. The number of rotatable bonds is 7. The van der Waals surface area contributed by atoms with Crippen molar-refractivity contribution >= 4 is 23.2 Å². The predicted molar refractivity (Wildman–Crippen MR) is 78.2 cm³/mol. The minimum atomic E-state index is 0.0105. The van der Waals surface area contributed by atoms with E-state index in [4.69, 9.17) is 0 Å². The zero-order valence-corrected chi connectivity index (χ0v) is 12.7. The van der Waals surface area contributed by atoms with E-state index in [2.05, 4.69) is 0 Å². The molecule has 0 atom stereocenters. The summed E-state index contributed by atoms with van der Waals surface area (Å²) in [4.78, 5) is 27.1. The first-order valence-electron chi connectivity index (χ1n) is 6.61. The van der Waals surface area contributed by atoms with Gasteiger partial charge in [-0.15, -0.1) is 0 Å². The molecule has 0 radical (unpaired) electrons. The van der Waals surface area contributed by atoms with Crippen molar-refractivity contribution in [1.82, 2.24) is 9.80 Å². The third-order valence-electron chi connectivity index (χ3n) is 3.12. The topological polar surface area (TPSA) is 40.6 Å². The molecule has 1 heterocycles. The van der Waals surface area contributed by atoms with E-state index in [1.165, 1.54) is 10.5 Å². The van der Waals surface area contributed by atoms with Gasteiger partial charge < -0.3 is 9.80 Å². The smallest absolute Gasteiger partial charge is 0.242 e. The highest BCUT2D eigenvalue weighted by Crippen LogP contribution is 2.09. The van der Waals surface area contributed by atoms with Crippen LogP contribution in [0.3, 0.4) is 0 Å². The number of amides is 2. The zero-order valence-electron chi connectivity index (χ0n) is 11.9. The Balaban J connectivity index is 2.37. The molecule has 1 aromatic rings. The first kappa shape index (κ1) is 15.7. The average molecular weight is 282 g/mol. The van der Waals surface area contributed by atoms with Crippen LogP contribution in [0.2, 0.25) is 0 Å². The summed E-state index contributed by atoms with van der Waals surface area (Å²) < 4.78 is 0. The minimum absolute atomic E-state index is 0.0105. The van der Waals surface area contributed by atoms with Crippen molar-refractivity contribution in [3.8, 4) is 0 Å². The molecular formula is C14H22N2O2S. The summed E-state index contributed by atoms with van der Waals surface area (Å²) in [6, 6.07) is 2.03. The first-order valence-corrected chi connectivity index (χ1v) is 7.55. The van der Waals surface area contributed by atoms with Crippen LogP contribution in [0.1, 0.15) is 25.8 Å². The Labute approximate surface area is 119 Å². The van der Waals surface area contributed by atoms with Gasteiger partial charge in [-0.3, -0.25) is 9.59 Å². The Bertz CT molecular complexity index is 400. The van der Waals surface area contributed by atoms with Crippen molar-refractivity contribution in [3.05, 3.63) is 22.4 Å². The number of carbonyl (C=O) groups is 2. The van der Waals surface area contributed by atoms with Gasteiger partial charge in [0.1, 0.15) is 0 Å². The van der Waals surface area contributed by atoms with Gasteiger partial charge in [0.25, 0.3) is 0 Å². The van der Waals surface area contributed by atoms with Gasteiger partial charge >= 0.3 is 0 Å². The molecule has 0 aromatic carbocycles. The maximum Gasteiger partial charge on any atom is 0.242 e. The molecule has 1 aromatic heterocycles. The molecule has 4 nitrogen and oxygen atoms in total. The van der Waals surface area contributed by atoms with Crippen molar-refractivity contribution in [2.75, 3.05) is 26.7 Å². The largest absolute Gasteiger partial charge is 0.342 e. The van der Waals surface area contributed by atoms with Crippen LogP contribution >= 0.6 is 11.3 Å². The normalized spacial score (nSPS) is 10.3. The number of nitrogens with zero attached hydrogens (tertiary/aromatic N) is 2. The molecule has 0 unspecified atom stereocenters. The van der Waals surface area contributed by atoms with E-state index < -0.39 is 0 Å². The molecule has 106 valence electrons. The van der Waals surface area contributed by atoms with Gasteiger partial charge in [-0.1, -0.05) is 0 Å². The van der Waals surface area contributed by atoms with Gasteiger partial charge in [0.05, 0.1) is 6.54 Å². The summed E-state index contributed by atoms with van der Waals surface area (Å²) in [7, 11) is 1.69. The van der Waals surface area contributed by atoms with Crippen LogP contribution in [0.4, 0.5) is 0 Å². The molecule has 0 bridgehead atoms. The Morgan fingerprint density at radius 2 is 1.89 bits per heavy atom. The molecule has 0 aliphatic rings. The van der Waals surface area contributed by atoms with Crippen molar-refractivity contribution in [2.24, 2.45) is 0 Å². The van der Waals surface area contributed by atoms with Crippen molar-refractivity contribution < 1.29 is 9.59 Å². The number of likely N-dealkylation sites (N-methyl/N-ethyl adjacent to an activating group) is 2. The summed E-state index contributed by atoms with van der Waals surface area (Å²) in [5, 5.41) is 4.06. The van der Waals surface area contributed by atoms with Crippen LogP contribution < -0.4 is 0 Å². The Morgan fingerprint density at radius 3 is 2.42 bits per heavy atom.